The van der Waals surface area contributed by atoms with Gasteiger partial charge in [-0.2, -0.15) is 0 Å². The van der Waals surface area contributed by atoms with E-state index in [1.54, 1.807) is 20.1 Å². The highest BCUT2D eigenvalue weighted by molar-refractivity contribution is 8.23. The number of aromatic nitrogens is 1. The number of carbonyl (C=O) groups excluding carboxylic acids is 1. The van der Waals surface area contributed by atoms with E-state index in [-0.39, 0.29) is 28.4 Å². The molecular weight excluding hydrogens is 574 g/mol. The summed E-state index contributed by atoms with van der Waals surface area (Å²) in [5.41, 5.74) is -0.848. The van der Waals surface area contributed by atoms with Crippen LogP contribution in [-0.4, -0.2) is 74.0 Å². The number of carboxylic acid groups (broad SMARTS) is 1. The van der Waals surface area contributed by atoms with Crippen LogP contribution < -0.4 is 9.64 Å². The normalized spacial score (nSPS) is 19.1. The molecule has 0 saturated carbocycles. The SMILES string of the molecule is COc1ccccc1C(CN1C(=O)N(C(C)(C)C(=O)O)S(O)(O)c2c1sc(-c1ncco1)c2C)OC1CCOCC1. The van der Waals surface area contributed by atoms with Gasteiger partial charge in [-0.05, 0) is 45.2 Å². The Morgan fingerprint density at radius 3 is 2.61 bits per heavy atom. The molecule has 2 aliphatic rings. The number of urea groups is 1. The minimum atomic E-state index is -4.09. The molecule has 2 amide bonds. The monoisotopic (exact) mass is 607 g/mol. The highest BCUT2D eigenvalue weighted by Gasteiger charge is 2.54. The number of carbonyl (C=O) groups is 2. The highest BCUT2D eigenvalue weighted by Crippen LogP contribution is 2.66. The second-order valence-electron chi connectivity index (χ2n) is 10.3. The number of amides is 2. The van der Waals surface area contributed by atoms with Gasteiger partial charge in [0.2, 0.25) is 5.89 Å². The molecule has 222 valence electrons. The Bertz CT molecular complexity index is 1420. The lowest BCUT2D eigenvalue weighted by molar-refractivity contribution is -0.145. The molecule has 5 rings (SSSR count). The lowest BCUT2D eigenvalue weighted by Crippen LogP contribution is -2.60. The van der Waals surface area contributed by atoms with Crippen LogP contribution in [0.15, 0.2) is 46.0 Å². The molecule has 1 fully saturated rings. The molecule has 3 N–H and O–H groups in total. The van der Waals surface area contributed by atoms with Gasteiger partial charge >= 0.3 is 12.0 Å². The van der Waals surface area contributed by atoms with E-state index >= 15 is 0 Å². The number of fused-ring (bicyclic) bond motifs is 1. The smallest absolute Gasteiger partial charge is 0.344 e. The second-order valence-corrected chi connectivity index (χ2v) is 13.1. The summed E-state index contributed by atoms with van der Waals surface area (Å²) in [7, 11) is -2.54. The first-order chi connectivity index (χ1) is 19.5. The van der Waals surface area contributed by atoms with Crippen molar-refractivity contribution < 1.29 is 42.4 Å². The van der Waals surface area contributed by atoms with Crippen LogP contribution in [0.25, 0.3) is 10.8 Å². The molecule has 0 radical (unpaired) electrons. The Morgan fingerprint density at radius 2 is 1.98 bits per heavy atom. The highest BCUT2D eigenvalue weighted by atomic mass is 32.3. The zero-order chi connectivity index (χ0) is 29.5. The van der Waals surface area contributed by atoms with Gasteiger partial charge in [-0.25, -0.2) is 18.9 Å². The lowest BCUT2D eigenvalue weighted by atomic mass is 10.1. The summed E-state index contributed by atoms with van der Waals surface area (Å²) in [4.78, 5) is 32.7. The molecule has 14 heteroatoms. The van der Waals surface area contributed by atoms with Crippen LogP contribution in [0, 0.1) is 6.92 Å². The number of anilines is 1. The number of hydrogen-bond acceptors (Lipinski definition) is 10. The van der Waals surface area contributed by atoms with Gasteiger partial charge in [-0.3, -0.25) is 14.0 Å². The molecule has 3 aromatic rings. The third-order valence-electron chi connectivity index (χ3n) is 7.27. The number of thiophene rings is 1. The number of para-hydroxylation sites is 1. The Kier molecular flexibility index (Phi) is 8.07. The van der Waals surface area contributed by atoms with Crippen molar-refractivity contribution in [3.63, 3.8) is 0 Å². The first-order valence-electron chi connectivity index (χ1n) is 13.0. The van der Waals surface area contributed by atoms with Crippen LogP contribution in [0.4, 0.5) is 9.80 Å². The molecule has 1 saturated heterocycles. The van der Waals surface area contributed by atoms with Crippen molar-refractivity contribution in [2.24, 2.45) is 0 Å². The maximum Gasteiger partial charge on any atom is 0.344 e. The zero-order valence-corrected chi connectivity index (χ0v) is 24.7. The molecule has 2 aliphatic heterocycles. The molecule has 2 aromatic heterocycles. The summed E-state index contributed by atoms with van der Waals surface area (Å²) in [6.45, 7) is 5.22. The van der Waals surface area contributed by atoms with E-state index in [9.17, 15) is 23.8 Å². The lowest BCUT2D eigenvalue weighted by Gasteiger charge is -2.53. The van der Waals surface area contributed by atoms with Gasteiger partial charge in [0.05, 0.1) is 30.8 Å². The first-order valence-corrected chi connectivity index (χ1v) is 15.3. The minimum absolute atomic E-state index is 0.0504. The molecule has 1 aromatic carbocycles. The molecule has 0 spiro atoms. The number of aliphatic carboxylic acids is 1. The van der Waals surface area contributed by atoms with Gasteiger partial charge in [0, 0.05) is 18.8 Å². The minimum Gasteiger partial charge on any atom is -0.496 e. The summed E-state index contributed by atoms with van der Waals surface area (Å²) in [5.74, 6) is -0.591. The number of benzene rings is 1. The van der Waals surface area contributed by atoms with Gasteiger partial charge in [0.1, 0.15) is 28.0 Å². The fourth-order valence-electron chi connectivity index (χ4n) is 5.08. The van der Waals surface area contributed by atoms with Crippen molar-refractivity contribution in [2.45, 2.75) is 56.3 Å². The average Bonchev–Trinajstić information content (AvgIpc) is 3.59. The van der Waals surface area contributed by atoms with Gasteiger partial charge in [-0.15, -0.1) is 11.3 Å². The maximum atomic E-state index is 14.2. The van der Waals surface area contributed by atoms with Crippen molar-refractivity contribution in [2.75, 3.05) is 31.8 Å². The van der Waals surface area contributed by atoms with Crippen LogP contribution >= 0.6 is 22.1 Å². The largest absolute Gasteiger partial charge is 0.496 e. The molecular formula is C27H33N3O9S2. The zero-order valence-electron chi connectivity index (χ0n) is 23.1. The van der Waals surface area contributed by atoms with E-state index in [1.807, 2.05) is 18.2 Å². The summed E-state index contributed by atoms with van der Waals surface area (Å²) in [6, 6.07) is 6.44. The molecule has 1 unspecified atom stereocenters. The molecule has 0 aliphatic carbocycles. The second kappa shape index (κ2) is 11.3. The van der Waals surface area contributed by atoms with E-state index < -0.39 is 34.4 Å². The van der Waals surface area contributed by atoms with Crippen molar-refractivity contribution in [3.05, 3.63) is 47.9 Å². The molecule has 4 heterocycles. The fourth-order valence-corrected chi connectivity index (χ4v) is 8.82. The Hall–Kier alpha value is -3.14. The van der Waals surface area contributed by atoms with Crippen LogP contribution in [0.2, 0.25) is 0 Å². The molecule has 1 atom stereocenters. The fraction of sp³-hybridized carbons (Fsp3) is 0.444. The Balaban J connectivity index is 1.66. The van der Waals surface area contributed by atoms with Crippen molar-refractivity contribution in [1.82, 2.24) is 9.29 Å². The maximum absolute atomic E-state index is 14.2. The first kappa shape index (κ1) is 29.4. The van der Waals surface area contributed by atoms with Crippen molar-refractivity contribution in [1.29, 1.82) is 0 Å². The van der Waals surface area contributed by atoms with E-state index in [0.29, 0.717) is 52.1 Å². The third-order valence-corrected chi connectivity index (χ3v) is 10.9. The average molecular weight is 608 g/mol. The predicted octanol–water partition coefficient (Wildman–Crippen LogP) is 5.79. The summed E-state index contributed by atoms with van der Waals surface area (Å²) in [6.07, 6.45) is 3.33. The van der Waals surface area contributed by atoms with Crippen molar-refractivity contribution in [3.8, 4) is 16.5 Å². The van der Waals surface area contributed by atoms with Crippen LogP contribution in [0.1, 0.15) is 43.9 Å². The van der Waals surface area contributed by atoms with Crippen LogP contribution in [0.5, 0.6) is 5.75 Å². The quantitative estimate of drug-likeness (QED) is 0.272. The summed E-state index contributed by atoms with van der Waals surface area (Å²) in [5, 5.41) is 10.3. The van der Waals surface area contributed by atoms with E-state index in [2.05, 4.69) is 4.98 Å². The van der Waals surface area contributed by atoms with Crippen LogP contribution in [0.3, 0.4) is 0 Å². The van der Waals surface area contributed by atoms with Crippen LogP contribution in [-0.2, 0) is 14.3 Å². The van der Waals surface area contributed by atoms with Crippen molar-refractivity contribution >= 4 is 39.1 Å². The number of carboxylic acids is 1. The molecule has 12 nitrogen and oxygen atoms in total. The van der Waals surface area contributed by atoms with Gasteiger partial charge in [-0.1, -0.05) is 29.0 Å². The number of oxazole rings is 1. The summed E-state index contributed by atoms with van der Waals surface area (Å²) >= 11 is 1.12. The van der Waals surface area contributed by atoms with Gasteiger partial charge < -0.3 is 23.7 Å². The topological polar surface area (TPSA) is 155 Å². The predicted molar refractivity (Wildman–Crippen MR) is 153 cm³/mol. The summed E-state index contributed by atoms with van der Waals surface area (Å²) < 4.78 is 47.0. The number of rotatable bonds is 9. The van der Waals surface area contributed by atoms with E-state index in [1.165, 1.54) is 31.2 Å². The Labute approximate surface area is 242 Å². The molecule has 0 bridgehead atoms. The standard InChI is InChI=1S/C27H33N3O9S2/c1-16-21(23-28-11-14-38-23)40-24-22(16)41(34,35)30(27(2,3)25(31)32)26(33)29(24)15-20(39-17-9-12-37-13-10-17)18-7-5-6-8-19(18)36-4/h5-8,11,14,17,20,34-35H,9-10,12-13,15H2,1-4H3,(H,31,32). The van der Waals surface area contributed by atoms with Gasteiger partial charge in [0.15, 0.2) is 5.54 Å². The number of nitrogens with zero attached hydrogens (tertiary/aromatic N) is 3. The third kappa shape index (κ3) is 5.19. The number of methoxy groups -OCH3 is 1. The van der Waals surface area contributed by atoms with E-state index in [4.69, 9.17) is 18.6 Å². The number of hydrogen-bond donors (Lipinski definition) is 3. The Morgan fingerprint density at radius 1 is 1.27 bits per heavy atom. The van der Waals surface area contributed by atoms with Gasteiger partial charge in [0.25, 0.3) is 0 Å². The van der Waals surface area contributed by atoms with E-state index in [0.717, 1.165) is 11.3 Å². The number of ether oxygens (including phenoxy) is 3. The molecule has 41 heavy (non-hydrogen) atoms.